The number of carbonyl (C=O) groups excluding carboxylic acids is 1. The summed E-state index contributed by atoms with van der Waals surface area (Å²) in [6, 6.07) is 0.142. The van der Waals surface area contributed by atoms with Crippen LogP contribution < -0.4 is 11.1 Å². The van der Waals surface area contributed by atoms with Crippen molar-refractivity contribution in [2.24, 2.45) is 16.8 Å². The Labute approximate surface area is 113 Å². The van der Waals surface area contributed by atoms with E-state index in [1.54, 1.807) is 0 Å². The zero-order valence-corrected chi connectivity index (χ0v) is 11.6. The number of rotatable bonds is 5. The molecule has 1 amide bonds. The zero-order valence-electron chi connectivity index (χ0n) is 11.6. The van der Waals surface area contributed by atoms with Gasteiger partial charge in [-0.1, -0.05) is 19.0 Å². The molecule has 0 aromatic heterocycles. The van der Waals surface area contributed by atoms with Crippen LogP contribution in [-0.4, -0.2) is 54.3 Å². The van der Waals surface area contributed by atoms with Gasteiger partial charge in [0.05, 0.1) is 13.2 Å². The molecule has 1 fully saturated rings. The second-order valence-electron chi connectivity index (χ2n) is 5.28. The van der Waals surface area contributed by atoms with E-state index in [0.717, 1.165) is 25.9 Å². The first-order chi connectivity index (χ1) is 9.01. The second-order valence-corrected chi connectivity index (χ2v) is 5.28. The lowest BCUT2D eigenvalue weighted by Crippen LogP contribution is -2.47. The van der Waals surface area contributed by atoms with E-state index < -0.39 is 0 Å². The molecule has 1 aliphatic heterocycles. The van der Waals surface area contributed by atoms with Crippen LogP contribution in [0.15, 0.2) is 5.16 Å². The number of hydrogen-bond donors (Lipinski definition) is 3. The first-order valence-electron chi connectivity index (χ1n) is 6.63. The van der Waals surface area contributed by atoms with Gasteiger partial charge in [-0.25, -0.2) is 4.79 Å². The molecule has 7 nitrogen and oxygen atoms in total. The van der Waals surface area contributed by atoms with Gasteiger partial charge in [-0.15, -0.1) is 0 Å². The van der Waals surface area contributed by atoms with Crippen LogP contribution in [-0.2, 0) is 4.74 Å². The van der Waals surface area contributed by atoms with E-state index in [4.69, 9.17) is 15.7 Å². The summed E-state index contributed by atoms with van der Waals surface area (Å²) < 4.78 is 5.08. The average Bonchev–Trinajstić information content (AvgIpc) is 2.38. The number of nitrogens with two attached hydrogens (primary N) is 1. The molecule has 1 saturated heterocycles. The van der Waals surface area contributed by atoms with E-state index in [0.29, 0.717) is 19.1 Å². The van der Waals surface area contributed by atoms with Crippen molar-refractivity contribution in [1.29, 1.82) is 0 Å². The molecule has 0 spiro atoms. The maximum atomic E-state index is 11.5. The summed E-state index contributed by atoms with van der Waals surface area (Å²) in [5.74, 6) is 0.552. The fourth-order valence-corrected chi connectivity index (χ4v) is 1.95. The molecule has 0 saturated carbocycles. The molecule has 0 radical (unpaired) electrons. The minimum Gasteiger partial charge on any atom is -0.449 e. The maximum Gasteiger partial charge on any atom is 0.407 e. The number of amidine groups is 1. The number of ether oxygens (including phenoxy) is 1. The number of likely N-dealkylation sites (tertiary alicyclic amines) is 1. The van der Waals surface area contributed by atoms with Crippen molar-refractivity contribution in [1.82, 2.24) is 10.2 Å². The van der Waals surface area contributed by atoms with Crippen LogP contribution in [0, 0.1) is 5.92 Å². The topological polar surface area (TPSA) is 100 Å². The first kappa shape index (κ1) is 15.6. The third-order valence-electron chi connectivity index (χ3n) is 2.97. The summed E-state index contributed by atoms with van der Waals surface area (Å²) in [5.41, 5.74) is 5.46. The molecule has 4 N–H and O–H groups in total. The van der Waals surface area contributed by atoms with Crippen LogP contribution in [0.4, 0.5) is 4.79 Å². The Morgan fingerprint density at radius 2 is 2.16 bits per heavy atom. The van der Waals surface area contributed by atoms with Crippen molar-refractivity contribution in [3.05, 3.63) is 0 Å². The molecule has 0 atom stereocenters. The third kappa shape index (κ3) is 6.28. The van der Waals surface area contributed by atoms with Crippen LogP contribution in [0.5, 0.6) is 0 Å². The summed E-state index contributed by atoms with van der Waals surface area (Å²) in [4.78, 5) is 13.6. The Morgan fingerprint density at radius 1 is 1.53 bits per heavy atom. The Kier molecular flexibility index (Phi) is 6.41. The van der Waals surface area contributed by atoms with Gasteiger partial charge in [0.25, 0.3) is 0 Å². The third-order valence-corrected chi connectivity index (χ3v) is 2.97. The number of piperidine rings is 1. The van der Waals surface area contributed by atoms with Crippen LogP contribution in [0.1, 0.15) is 26.7 Å². The fraction of sp³-hybridized carbons (Fsp3) is 0.833. The number of hydrogen-bond acceptors (Lipinski definition) is 5. The molecule has 19 heavy (non-hydrogen) atoms. The molecule has 1 rings (SSSR count). The predicted molar refractivity (Wildman–Crippen MR) is 72.2 cm³/mol. The second kappa shape index (κ2) is 7.83. The van der Waals surface area contributed by atoms with Crippen molar-refractivity contribution in [3.63, 3.8) is 0 Å². The smallest absolute Gasteiger partial charge is 0.407 e. The van der Waals surface area contributed by atoms with Gasteiger partial charge in [-0.3, -0.25) is 4.90 Å². The van der Waals surface area contributed by atoms with Gasteiger partial charge in [0.15, 0.2) is 5.84 Å². The minimum atomic E-state index is -0.344. The quantitative estimate of drug-likeness (QED) is 0.294. The number of nitrogens with zero attached hydrogens (tertiary/aromatic N) is 2. The molecule has 7 heteroatoms. The lowest BCUT2D eigenvalue weighted by molar-refractivity contribution is 0.122. The van der Waals surface area contributed by atoms with Gasteiger partial charge in [0.2, 0.25) is 0 Å². The first-order valence-corrected chi connectivity index (χ1v) is 6.63. The van der Waals surface area contributed by atoms with Crippen LogP contribution in [0.2, 0.25) is 0 Å². The molecular weight excluding hydrogens is 248 g/mol. The van der Waals surface area contributed by atoms with E-state index in [1.807, 2.05) is 13.8 Å². The Balaban J connectivity index is 2.21. The molecule has 110 valence electrons. The van der Waals surface area contributed by atoms with Gasteiger partial charge in [-0.05, 0) is 18.8 Å². The van der Waals surface area contributed by atoms with Gasteiger partial charge in [-0.2, -0.15) is 0 Å². The lowest BCUT2D eigenvalue weighted by atomic mass is 10.1. The zero-order chi connectivity index (χ0) is 14.3. The summed E-state index contributed by atoms with van der Waals surface area (Å²) >= 11 is 0. The molecule has 0 aromatic carbocycles. The van der Waals surface area contributed by atoms with Crippen molar-refractivity contribution in [2.75, 3.05) is 26.2 Å². The Morgan fingerprint density at radius 3 is 2.68 bits per heavy atom. The van der Waals surface area contributed by atoms with Gasteiger partial charge >= 0.3 is 6.09 Å². The largest absolute Gasteiger partial charge is 0.449 e. The highest BCUT2D eigenvalue weighted by Gasteiger charge is 2.21. The maximum absolute atomic E-state index is 11.5. The van der Waals surface area contributed by atoms with Crippen molar-refractivity contribution >= 4 is 11.9 Å². The summed E-state index contributed by atoms with van der Waals surface area (Å²) in [6.07, 6.45) is 1.34. The Bertz CT molecular complexity index is 312. The lowest BCUT2D eigenvalue weighted by Gasteiger charge is -2.31. The number of carbonyl (C=O) groups is 1. The number of alkyl carbamates (subject to hydrolysis) is 1. The molecular formula is C12H24N4O3. The number of amides is 1. The molecule has 0 unspecified atom stereocenters. The van der Waals surface area contributed by atoms with Gasteiger partial charge < -0.3 is 21.0 Å². The normalized spacial score (nSPS) is 18.6. The molecule has 0 aliphatic carbocycles. The van der Waals surface area contributed by atoms with Crippen LogP contribution in [0.3, 0.4) is 0 Å². The van der Waals surface area contributed by atoms with E-state index >= 15 is 0 Å². The van der Waals surface area contributed by atoms with E-state index in [1.165, 1.54) is 0 Å². The van der Waals surface area contributed by atoms with Crippen molar-refractivity contribution in [2.45, 2.75) is 32.7 Å². The SMILES string of the molecule is CC(C)COC(=O)NC1CCN(CC(N)=NO)CC1. The average molecular weight is 272 g/mol. The van der Waals surface area contributed by atoms with Gasteiger partial charge in [0.1, 0.15) is 0 Å². The van der Waals surface area contributed by atoms with Crippen LogP contribution >= 0.6 is 0 Å². The summed E-state index contributed by atoms with van der Waals surface area (Å²) in [6.45, 7) is 6.52. The number of oxime groups is 1. The van der Waals surface area contributed by atoms with Crippen molar-refractivity contribution < 1.29 is 14.7 Å². The van der Waals surface area contributed by atoms with Crippen LogP contribution in [0.25, 0.3) is 0 Å². The van der Waals surface area contributed by atoms with Gasteiger partial charge in [0, 0.05) is 19.1 Å². The predicted octanol–water partition coefficient (Wildman–Crippen LogP) is 0.579. The minimum absolute atomic E-state index is 0.142. The monoisotopic (exact) mass is 272 g/mol. The molecule has 0 aromatic rings. The molecule has 0 bridgehead atoms. The molecule has 1 aliphatic rings. The fourth-order valence-electron chi connectivity index (χ4n) is 1.95. The van der Waals surface area contributed by atoms with Crippen molar-refractivity contribution in [3.8, 4) is 0 Å². The molecule has 1 heterocycles. The summed E-state index contributed by atoms with van der Waals surface area (Å²) in [7, 11) is 0. The van der Waals surface area contributed by atoms with E-state index in [-0.39, 0.29) is 18.0 Å². The van der Waals surface area contributed by atoms with E-state index in [2.05, 4.69) is 15.4 Å². The standard InChI is InChI=1S/C12H24N4O3/c1-9(2)8-19-12(17)14-10-3-5-16(6-4-10)7-11(13)15-18/h9-10,18H,3-8H2,1-2H3,(H2,13,15)(H,14,17). The highest BCUT2D eigenvalue weighted by atomic mass is 16.5. The highest BCUT2D eigenvalue weighted by Crippen LogP contribution is 2.10. The number of nitrogens with one attached hydrogen (secondary N) is 1. The highest BCUT2D eigenvalue weighted by molar-refractivity contribution is 5.81. The Hall–Kier alpha value is -1.50. The summed E-state index contributed by atoms with van der Waals surface area (Å²) in [5, 5.41) is 14.3. The van der Waals surface area contributed by atoms with E-state index in [9.17, 15) is 4.79 Å².